The van der Waals surface area contributed by atoms with Gasteiger partial charge in [-0.05, 0) is 36.1 Å². The highest BCUT2D eigenvalue weighted by Gasteiger charge is 2.15. The number of H-pyrrole nitrogens is 1. The highest BCUT2D eigenvalue weighted by Crippen LogP contribution is 2.30. The summed E-state index contributed by atoms with van der Waals surface area (Å²) in [7, 11) is 0. The topological polar surface area (TPSA) is 94.5 Å². The summed E-state index contributed by atoms with van der Waals surface area (Å²) in [5.41, 5.74) is 6.81. The van der Waals surface area contributed by atoms with Crippen LogP contribution >= 0.6 is 11.3 Å². The molecule has 30 heavy (non-hydrogen) atoms. The normalized spacial score (nSPS) is 11.3. The van der Waals surface area contributed by atoms with E-state index in [-0.39, 0.29) is 30.9 Å². The van der Waals surface area contributed by atoms with Crippen LogP contribution in [0, 0.1) is 0 Å². The van der Waals surface area contributed by atoms with Crippen LogP contribution in [-0.2, 0) is 19.5 Å². The predicted octanol–water partition coefficient (Wildman–Crippen LogP) is 3.37. The van der Waals surface area contributed by atoms with E-state index in [0.717, 1.165) is 32.6 Å². The van der Waals surface area contributed by atoms with Crippen molar-refractivity contribution in [1.82, 2.24) is 24.5 Å². The van der Waals surface area contributed by atoms with Gasteiger partial charge < -0.3 is 5.73 Å². The summed E-state index contributed by atoms with van der Waals surface area (Å²) in [4.78, 5) is 13.1. The molecule has 7 nitrogen and oxygen atoms in total. The van der Waals surface area contributed by atoms with Crippen molar-refractivity contribution in [2.75, 3.05) is 6.54 Å². The van der Waals surface area contributed by atoms with Crippen molar-refractivity contribution >= 4 is 21.4 Å². The predicted molar refractivity (Wildman–Crippen MR) is 113 cm³/mol. The van der Waals surface area contributed by atoms with Gasteiger partial charge in [0.05, 0.1) is 12.7 Å². The molecule has 0 saturated carbocycles. The Hall–Kier alpha value is -3.11. The Morgan fingerprint density at radius 2 is 2.10 bits per heavy atom. The molecule has 1 aromatic carbocycles. The van der Waals surface area contributed by atoms with Gasteiger partial charge in [-0.25, -0.2) is 9.89 Å². The second-order valence-corrected chi connectivity index (χ2v) is 7.99. The first-order chi connectivity index (χ1) is 14.5. The number of aryl methyl sites for hydroxylation is 1. The van der Waals surface area contributed by atoms with Gasteiger partial charge in [0.2, 0.25) is 0 Å². The van der Waals surface area contributed by atoms with E-state index < -0.39 is 11.8 Å². The zero-order valence-electron chi connectivity index (χ0n) is 16.2. The zero-order valence-corrected chi connectivity index (χ0v) is 17.0. The van der Waals surface area contributed by atoms with Gasteiger partial charge in [0.1, 0.15) is 5.82 Å². The molecule has 0 spiro atoms. The molecule has 0 saturated heterocycles. The van der Waals surface area contributed by atoms with Gasteiger partial charge in [-0.2, -0.15) is 19.0 Å². The van der Waals surface area contributed by atoms with Crippen LogP contribution in [0.4, 0.5) is 8.78 Å². The lowest BCUT2D eigenvalue weighted by Gasteiger charge is -2.05. The third-order valence-electron chi connectivity index (χ3n) is 4.89. The Morgan fingerprint density at radius 1 is 1.27 bits per heavy atom. The maximum absolute atomic E-state index is 13.0. The van der Waals surface area contributed by atoms with E-state index in [1.54, 1.807) is 11.3 Å². The molecular weight excluding hydrogens is 410 g/mol. The summed E-state index contributed by atoms with van der Waals surface area (Å²) < 4.78 is 30.2. The number of rotatable bonds is 7. The van der Waals surface area contributed by atoms with Gasteiger partial charge in [-0.3, -0.25) is 9.25 Å². The Morgan fingerprint density at radius 3 is 2.80 bits per heavy atom. The molecule has 0 atom stereocenters. The quantitative estimate of drug-likeness (QED) is 0.470. The molecule has 156 valence electrons. The van der Waals surface area contributed by atoms with Crippen molar-refractivity contribution in [3.05, 3.63) is 69.5 Å². The zero-order chi connectivity index (χ0) is 21.3. The Balaban J connectivity index is 1.63. The minimum absolute atomic E-state index is 0.173. The van der Waals surface area contributed by atoms with E-state index in [1.807, 2.05) is 42.2 Å². The second-order valence-electron chi connectivity index (χ2n) is 6.83. The van der Waals surface area contributed by atoms with Gasteiger partial charge in [-0.1, -0.05) is 6.07 Å². The number of aromatic nitrogens is 5. The molecule has 0 fully saturated rings. The number of fused-ring (bicyclic) bond motifs is 1. The van der Waals surface area contributed by atoms with E-state index in [0.29, 0.717) is 0 Å². The van der Waals surface area contributed by atoms with Crippen molar-refractivity contribution in [2.45, 2.75) is 26.4 Å². The number of nitrogens with zero attached hydrogens (tertiary/aromatic N) is 4. The molecule has 3 heterocycles. The monoisotopic (exact) mass is 430 g/mol. The van der Waals surface area contributed by atoms with Crippen LogP contribution in [0.25, 0.3) is 21.2 Å². The van der Waals surface area contributed by atoms with E-state index in [1.165, 1.54) is 4.57 Å². The average molecular weight is 430 g/mol. The summed E-state index contributed by atoms with van der Waals surface area (Å²) >= 11 is 1.55. The number of hydrogen-bond acceptors (Lipinski definition) is 5. The van der Waals surface area contributed by atoms with Gasteiger partial charge in [0.15, 0.2) is 0 Å². The third-order valence-corrected chi connectivity index (χ3v) is 6.00. The summed E-state index contributed by atoms with van der Waals surface area (Å²) in [5, 5.41) is 11.6. The summed E-state index contributed by atoms with van der Waals surface area (Å²) in [6.07, 6.45) is 1.83. The summed E-state index contributed by atoms with van der Waals surface area (Å²) in [6.45, 7) is 2.80. The number of halogens is 2. The smallest absolute Gasteiger partial charge is 0.327 e. The SMILES string of the molecule is CCn1cc(-c2ccc3sc(Cn4c(CC(CN)=C(F)F)n[nH]c4=O)cc3c2)cn1. The molecule has 0 bridgehead atoms. The Bertz CT molecular complexity index is 1280. The average Bonchev–Trinajstić information content (AvgIpc) is 3.45. The van der Waals surface area contributed by atoms with Gasteiger partial charge in [0.25, 0.3) is 6.08 Å². The third kappa shape index (κ3) is 3.96. The van der Waals surface area contributed by atoms with Crippen molar-refractivity contribution < 1.29 is 8.78 Å². The number of thiophene rings is 1. The second kappa shape index (κ2) is 8.33. The maximum atomic E-state index is 13.0. The number of nitrogens with two attached hydrogens (primary N) is 1. The molecule has 0 aliphatic heterocycles. The van der Waals surface area contributed by atoms with Gasteiger partial charge in [0, 0.05) is 46.4 Å². The molecule has 3 aromatic heterocycles. The van der Waals surface area contributed by atoms with Gasteiger partial charge in [-0.15, -0.1) is 11.3 Å². The molecule has 0 aliphatic rings. The van der Waals surface area contributed by atoms with Crippen molar-refractivity contribution in [2.24, 2.45) is 5.73 Å². The van der Waals surface area contributed by atoms with Crippen molar-refractivity contribution in [3.8, 4) is 11.1 Å². The first-order valence-corrected chi connectivity index (χ1v) is 10.2. The fraction of sp³-hybridized carbons (Fsp3) is 0.250. The van der Waals surface area contributed by atoms with Crippen LogP contribution in [0.15, 0.2) is 53.1 Å². The van der Waals surface area contributed by atoms with Crippen LogP contribution in [0.2, 0.25) is 0 Å². The largest absolute Gasteiger partial charge is 0.343 e. The van der Waals surface area contributed by atoms with Crippen LogP contribution in [0.1, 0.15) is 17.6 Å². The lowest BCUT2D eigenvalue weighted by Crippen LogP contribution is -2.20. The molecule has 10 heteroatoms. The first-order valence-electron chi connectivity index (χ1n) is 9.41. The van der Waals surface area contributed by atoms with Crippen LogP contribution in [-0.4, -0.2) is 31.1 Å². The number of aromatic amines is 1. The summed E-state index contributed by atoms with van der Waals surface area (Å²) in [5.74, 6) is 0.235. The highest BCUT2D eigenvalue weighted by molar-refractivity contribution is 7.19. The maximum Gasteiger partial charge on any atom is 0.343 e. The van der Waals surface area contributed by atoms with Crippen molar-refractivity contribution in [3.63, 3.8) is 0 Å². The van der Waals surface area contributed by atoms with Gasteiger partial charge >= 0.3 is 5.69 Å². The van der Waals surface area contributed by atoms with Crippen LogP contribution in [0.3, 0.4) is 0 Å². The molecular formula is C20H20F2N6OS. The number of hydrogen-bond donors (Lipinski definition) is 2. The molecule has 4 rings (SSSR count). The minimum Gasteiger partial charge on any atom is -0.327 e. The van der Waals surface area contributed by atoms with E-state index in [4.69, 9.17) is 5.73 Å². The van der Waals surface area contributed by atoms with E-state index in [2.05, 4.69) is 21.4 Å². The van der Waals surface area contributed by atoms with Crippen LogP contribution < -0.4 is 11.4 Å². The Labute approximate surface area is 174 Å². The molecule has 0 amide bonds. The lowest BCUT2D eigenvalue weighted by atomic mass is 10.1. The van der Waals surface area contributed by atoms with E-state index >= 15 is 0 Å². The highest BCUT2D eigenvalue weighted by atomic mass is 32.1. The van der Waals surface area contributed by atoms with E-state index in [9.17, 15) is 13.6 Å². The first kappa shape index (κ1) is 20.2. The fourth-order valence-electron chi connectivity index (χ4n) is 3.25. The van der Waals surface area contributed by atoms with Crippen LogP contribution in [0.5, 0.6) is 0 Å². The minimum atomic E-state index is -1.83. The number of benzene rings is 1. The molecule has 0 unspecified atom stereocenters. The van der Waals surface area contributed by atoms with Crippen molar-refractivity contribution in [1.29, 1.82) is 0 Å². The fourth-order valence-corrected chi connectivity index (χ4v) is 4.29. The number of nitrogens with one attached hydrogen (secondary N) is 1. The lowest BCUT2D eigenvalue weighted by molar-refractivity contribution is 0.407. The molecule has 0 radical (unpaired) electrons. The summed E-state index contributed by atoms with van der Waals surface area (Å²) in [6, 6.07) is 8.16. The standard InChI is InChI=1S/C20H20F2N6OS/c1-2-27-10-15(9-24-27)12-3-4-17-13(5-12)6-16(30-17)11-28-18(25-26-20(28)29)7-14(8-23)19(21)22/h3-6,9-10H,2,7-8,11,23H2,1H3,(H,26,29). The molecule has 3 N–H and O–H groups in total. The molecule has 4 aromatic rings. The Kier molecular flexibility index (Phi) is 5.60. The molecule has 0 aliphatic carbocycles.